The maximum Gasteiger partial charge on any atom is 0.418 e. The van der Waals surface area contributed by atoms with E-state index in [2.05, 4.69) is 38.4 Å². The molecule has 0 radical (unpaired) electrons. The molecule has 0 bridgehead atoms. The number of nitrogens with zero attached hydrogens (tertiary/aromatic N) is 1. The van der Waals surface area contributed by atoms with Crippen molar-refractivity contribution in [3.63, 3.8) is 0 Å². The van der Waals surface area contributed by atoms with Gasteiger partial charge in [0, 0.05) is 29.4 Å². The molecule has 2 heterocycles. The molecular weight excluding hydrogens is 599 g/mol. The lowest BCUT2D eigenvalue weighted by Gasteiger charge is -2.61. The van der Waals surface area contributed by atoms with E-state index >= 15 is 0 Å². The molecule has 2 aliphatic heterocycles. The Bertz CT molecular complexity index is 1350. The second-order valence-electron chi connectivity index (χ2n) is 15.7. The van der Waals surface area contributed by atoms with Gasteiger partial charge < -0.3 is 19.9 Å². The van der Waals surface area contributed by atoms with Gasteiger partial charge in [-0.05, 0) is 111 Å². The topological polar surface area (TPSA) is 75.1 Å². The zero-order valence-electron chi connectivity index (χ0n) is 26.8. The fraction of sp³-hybridized carbons (Fsp3) is 0.771. The minimum atomic E-state index is -4.50. The van der Waals surface area contributed by atoms with Crippen molar-refractivity contribution >= 4 is 28.7 Å². The zero-order valence-corrected chi connectivity index (χ0v) is 27.6. The Kier molecular flexibility index (Phi) is 7.90. The predicted molar refractivity (Wildman–Crippen MR) is 171 cm³/mol. The van der Waals surface area contributed by atoms with Gasteiger partial charge >= 0.3 is 6.18 Å². The van der Waals surface area contributed by atoms with Crippen LogP contribution in [-0.2, 0) is 15.7 Å². The second-order valence-corrected chi connectivity index (χ2v) is 16.1. The van der Waals surface area contributed by atoms with Crippen molar-refractivity contribution in [2.75, 3.05) is 11.9 Å². The van der Waals surface area contributed by atoms with E-state index in [-0.39, 0.29) is 45.7 Å². The number of nitrogens with one attached hydrogen (secondary N) is 2. The summed E-state index contributed by atoms with van der Waals surface area (Å²) in [5, 5.41) is 18.4. The summed E-state index contributed by atoms with van der Waals surface area (Å²) in [6.45, 7) is 10.1. The lowest BCUT2D eigenvalue weighted by atomic mass is 9.44. The molecule has 248 valence electrons. The van der Waals surface area contributed by atoms with Crippen LogP contribution in [0, 0.1) is 52.3 Å². The summed E-state index contributed by atoms with van der Waals surface area (Å²) in [5.41, 5.74) is 3.05. The number of hydrogen-bond acceptors (Lipinski definition) is 5. The third kappa shape index (κ3) is 5.06. The van der Waals surface area contributed by atoms with Crippen LogP contribution in [0.5, 0.6) is 0 Å². The van der Waals surface area contributed by atoms with Gasteiger partial charge in [0.15, 0.2) is 10.9 Å². The number of thiocarbonyl (C=S) groups is 1. The fourth-order valence-electron chi connectivity index (χ4n) is 11.2. The Morgan fingerprint density at radius 2 is 1.82 bits per heavy atom. The largest absolute Gasteiger partial charge is 0.418 e. The molecule has 6 fully saturated rings. The molecule has 3 N–H and O–H groups in total. The zero-order chi connectivity index (χ0) is 31.9. The number of alkyl halides is 3. The van der Waals surface area contributed by atoms with Crippen LogP contribution in [0.1, 0.15) is 91.0 Å². The first-order valence-corrected chi connectivity index (χ1v) is 17.5. The number of aliphatic hydroxyl groups excluding tert-OH is 1. The molecule has 6 aliphatic rings. The van der Waals surface area contributed by atoms with E-state index in [0.29, 0.717) is 36.2 Å². The molecule has 45 heavy (non-hydrogen) atoms. The molecule has 2 saturated heterocycles. The highest BCUT2D eigenvalue weighted by Crippen LogP contribution is 2.70. The van der Waals surface area contributed by atoms with Gasteiger partial charge in [-0.15, -0.1) is 0 Å². The van der Waals surface area contributed by atoms with E-state index in [1.165, 1.54) is 12.1 Å². The van der Waals surface area contributed by atoms with Crippen molar-refractivity contribution in [2.45, 2.75) is 110 Å². The lowest BCUT2D eigenvalue weighted by molar-refractivity contribution is -0.272. The van der Waals surface area contributed by atoms with Crippen molar-refractivity contribution in [2.24, 2.45) is 57.4 Å². The number of ether oxygens (including phenoxy) is 2. The van der Waals surface area contributed by atoms with Gasteiger partial charge in [0.1, 0.15) is 0 Å². The summed E-state index contributed by atoms with van der Waals surface area (Å²) in [4.78, 5) is 0. The van der Waals surface area contributed by atoms with Crippen LogP contribution in [-0.4, -0.2) is 40.5 Å². The van der Waals surface area contributed by atoms with E-state index < -0.39 is 17.5 Å². The van der Waals surface area contributed by atoms with E-state index in [9.17, 15) is 18.3 Å². The highest BCUT2D eigenvalue weighted by molar-refractivity contribution is 7.80. The minimum absolute atomic E-state index is 0.0429. The van der Waals surface area contributed by atoms with E-state index in [0.717, 1.165) is 69.6 Å². The maximum absolute atomic E-state index is 13.7. The first-order chi connectivity index (χ1) is 21.3. The lowest BCUT2D eigenvalue weighted by Crippen LogP contribution is -2.58. The Morgan fingerprint density at radius 3 is 2.56 bits per heavy atom. The Hall–Kier alpha value is -1.75. The second kappa shape index (κ2) is 11.2. The van der Waals surface area contributed by atoms with Crippen LogP contribution in [0.2, 0.25) is 0 Å². The average molecular weight is 648 g/mol. The van der Waals surface area contributed by atoms with Crippen molar-refractivity contribution in [3.05, 3.63) is 29.8 Å². The molecule has 1 aromatic carbocycles. The Balaban J connectivity index is 1.22. The van der Waals surface area contributed by atoms with Crippen molar-refractivity contribution in [3.8, 4) is 0 Å². The number of rotatable bonds is 2. The van der Waals surface area contributed by atoms with Crippen LogP contribution in [0.3, 0.4) is 0 Å². The third-order valence-electron chi connectivity index (χ3n) is 13.6. The first kappa shape index (κ1) is 31.8. The number of benzene rings is 1. The SMILES string of the molecule is C[C@@H]1CC[C@@]2(OC1)O[C@H]1C[C@H]3[C@@H]4CC[C@H]5C[C@@H](O)CC[C@]5(C)[C@H]4C/C(=N\NC(=S)Nc4ccccc4C(F)(F)F)[C@]3(C)[C@H]1[C@@H]2C. The Labute approximate surface area is 270 Å². The predicted octanol–water partition coefficient (Wildman–Crippen LogP) is 7.77. The van der Waals surface area contributed by atoms with Gasteiger partial charge in [0.25, 0.3) is 0 Å². The molecule has 4 saturated carbocycles. The number of aliphatic hydroxyl groups is 1. The Morgan fingerprint density at radius 1 is 1.04 bits per heavy atom. The van der Waals surface area contributed by atoms with Crippen LogP contribution in [0.4, 0.5) is 18.9 Å². The van der Waals surface area contributed by atoms with Crippen molar-refractivity contribution in [1.82, 2.24) is 5.43 Å². The molecule has 1 spiro atoms. The summed E-state index contributed by atoms with van der Waals surface area (Å²) in [5.74, 6) is 2.20. The molecule has 10 heteroatoms. The third-order valence-corrected chi connectivity index (χ3v) is 13.8. The number of para-hydroxylation sites is 1. The van der Waals surface area contributed by atoms with Gasteiger partial charge in [-0.3, -0.25) is 5.43 Å². The highest BCUT2D eigenvalue weighted by Gasteiger charge is 2.71. The number of hydrogen-bond donors (Lipinski definition) is 3. The molecule has 4 aliphatic carbocycles. The summed E-state index contributed by atoms with van der Waals surface area (Å²) >= 11 is 5.54. The van der Waals surface area contributed by atoms with Gasteiger partial charge in [-0.2, -0.15) is 18.3 Å². The molecule has 6 nitrogen and oxygen atoms in total. The molecule has 1 aromatic rings. The average Bonchev–Trinajstić information content (AvgIpc) is 3.43. The molecule has 12 atom stereocenters. The molecule has 0 aromatic heterocycles. The van der Waals surface area contributed by atoms with Crippen molar-refractivity contribution < 1.29 is 27.8 Å². The number of fused-ring (bicyclic) bond motifs is 7. The normalized spacial score (nSPS) is 46.7. The summed E-state index contributed by atoms with van der Waals surface area (Å²) < 4.78 is 54.6. The van der Waals surface area contributed by atoms with Gasteiger partial charge in [0.05, 0.1) is 30.1 Å². The highest BCUT2D eigenvalue weighted by atomic mass is 32.1. The van der Waals surface area contributed by atoms with Crippen molar-refractivity contribution in [1.29, 1.82) is 0 Å². The monoisotopic (exact) mass is 647 g/mol. The summed E-state index contributed by atoms with van der Waals surface area (Å²) in [6.07, 6.45) is 4.13. The van der Waals surface area contributed by atoms with E-state index in [4.69, 9.17) is 26.8 Å². The van der Waals surface area contributed by atoms with Crippen LogP contribution in [0.25, 0.3) is 0 Å². The molecule has 0 amide bonds. The maximum atomic E-state index is 13.7. The molecular formula is C35H48F3N3O3S. The smallest absolute Gasteiger partial charge is 0.393 e. The minimum Gasteiger partial charge on any atom is -0.393 e. The molecule has 7 rings (SSSR count). The van der Waals surface area contributed by atoms with Gasteiger partial charge in [-0.1, -0.05) is 39.8 Å². The standard InChI is InChI=1S/C35H48F3N3O3S/c1-19-11-14-34(43-18-19)20(2)30-28(44-34)16-26-23-10-9-21-15-22(42)12-13-32(21,3)25(23)17-29(33(26,30)4)40-41-31(45)39-27-8-6-5-7-24(27)35(36,37)38/h5-8,19-23,25-26,28,30,42H,9-18H2,1-4H3,(H2,39,41,45)/b40-29+/t19-,20+,21+,22+,23-,25+,26+,28+,30+,32+,33-,34-/m1/s1. The van der Waals surface area contributed by atoms with Crippen LogP contribution < -0.4 is 10.7 Å². The van der Waals surface area contributed by atoms with E-state index in [1.807, 2.05) is 0 Å². The fourth-order valence-corrected chi connectivity index (χ4v) is 11.4. The van der Waals surface area contributed by atoms with Crippen LogP contribution in [0.15, 0.2) is 29.4 Å². The van der Waals surface area contributed by atoms with Gasteiger partial charge in [-0.25, -0.2) is 0 Å². The van der Waals surface area contributed by atoms with E-state index in [1.54, 1.807) is 6.07 Å². The summed E-state index contributed by atoms with van der Waals surface area (Å²) in [6, 6.07) is 5.37. The number of halogens is 3. The van der Waals surface area contributed by atoms with Crippen LogP contribution >= 0.6 is 12.2 Å². The number of hydrazone groups is 1. The quantitative estimate of drug-likeness (QED) is 0.225. The van der Waals surface area contributed by atoms with Gasteiger partial charge in [0.2, 0.25) is 0 Å². The summed E-state index contributed by atoms with van der Waals surface area (Å²) in [7, 11) is 0. The molecule has 0 unspecified atom stereocenters. The number of anilines is 1. The first-order valence-electron chi connectivity index (χ1n) is 17.1.